The summed E-state index contributed by atoms with van der Waals surface area (Å²) in [4.78, 5) is 0. The maximum absolute atomic E-state index is 11.8. The Hall–Kier alpha value is -1.34. The molecule has 1 aromatic rings. The monoisotopic (exact) mass is 265 g/mol. The van der Waals surface area contributed by atoms with Gasteiger partial charge in [0.05, 0.1) is 0 Å². The lowest BCUT2D eigenvalue weighted by molar-refractivity contribution is -0.121. The number of nitrogens with one attached hydrogen (secondary N) is 1. The van der Waals surface area contributed by atoms with Gasteiger partial charge in [0.25, 0.3) is 0 Å². The summed E-state index contributed by atoms with van der Waals surface area (Å²) < 4.78 is 59.1. The van der Waals surface area contributed by atoms with Crippen molar-refractivity contribution in [2.75, 3.05) is 6.54 Å². The summed E-state index contributed by atoms with van der Waals surface area (Å²) in [6.45, 7) is -1.57. The maximum atomic E-state index is 11.8. The Morgan fingerprint density at radius 1 is 1.18 bits per heavy atom. The molecule has 1 N–H and O–H groups in total. The molecule has 7 heteroatoms. The molecule has 0 fully saturated rings. The highest BCUT2D eigenvalue weighted by molar-refractivity contribution is 7.92. The quantitative estimate of drug-likeness (QED) is 0.906. The molecule has 1 aromatic carbocycles. The Morgan fingerprint density at radius 3 is 2.29 bits per heavy atom. The molecule has 0 heterocycles. The Morgan fingerprint density at radius 2 is 1.76 bits per heavy atom. The van der Waals surface area contributed by atoms with Gasteiger partial charge in [0.1, 0.15) is 6.54 Å². The van der Waals surface area contributed by atoms with Crippen LogP contribution >= 0.6 is 0 Å². The van der Waals surface area contributed by atoms with Crippen LogP contribution in [0.3, 0.4) is 0 Å². The summed E-state index contributed by atoms with van der Waals surface area (Å²) in [6.07, 6.45) is -3.34. The number of sulfonamides is 1. The van der Waals surface area contributed by atoms with Crippen molar-refractivity contribution in [1.82, 2.24) is 4.72 Å². The Bertz CT molecular complexity index is 480. The predicted octanol–water partition coefficient (Wildman–Crippen LogP) is 2.14. The fourth-order valence-corrected chi connectivity index (χ4v) is 1.76. The van der Waals surface area contributed by atoms with Crippen LogP contribution in [0.5, 0.6) is 0 Å². The van der Waals surface area contributed by atoms with Gasteiger partial charge in [-0.15, -0.1) is 0 Å². The largest absolute Gasteiger partial charge is 0.402 e. The topological polar surface area (TPSA) is 46.2 Å². The minimum atomic E-state index is -4.56. The molecule has 0 amide bonds. The molecule has 0 aliphatic carbocycles. The van der Waals surface area contributed by atoms with Crippen molar-refractivity contribution >= 4 is 16.1 Å². The van der Waals surface area contributed by atoms with Crippen molar-refractivity contribution < 1.29 is 21.6 Å². The number of alkyl halides is 3. The van der Waals surface area contributed by atoms with Crippen molar-refractivity contribution in [2.24, 2.45) is 0 Å². The van der Waals surface area contributed by atoms with E-state index in [2.05, 4.69) is 0 Å². The van der Waals surface area contributed by atoms with E-state index in [0.717, 1.165) is 0 Å². The molecule has 0 aliphatic rings. The summed E-state index contributed by atoms with van der Waals surface area (Å²) in [5.41, 5.74) is 0.588. The molecule has 17 heavy (non-hydrogen) atoms. The first-order valence-electron chi connectivity index (χ1n) is 4.58. The zero-order valence-corrected chi connectivity index (χ0v) is 9.42. The molecule has 3 nitrogen and oxygen atoms in total. The Kier molecular flexibility index (Phi) is 4.30. The third-order valence-corrected chi connectivity index (χ3v) is 2.75. The SMILES string of the molecule is O=S(=O)(C=Cc1ccccc1)NCC(F)(F)F. The van der Waals surface area contributed by atoms with Gasteiger partial charge in [0.15, 0.2) is 0 Å². The summed E-state index contributed by atoms with van der Waals surface area (Å²) in [5.74, 6) is 0. The second-order valence-corrected chi connectivity index (χ2v) is 4.85. The third kappa shape index (κ3) is 6.08. The molecule has 0 atom stereocenters. The molecule has 0 radical (unpaired) electrons. The van der Waals surface area contributed by atoms with E-state index in [0.29, 0.717) is 11.0 Å². The summed E-state index contributed by atoms with van der Waals surface area (Å²) in [7, 11) is -4.06. The van der Waals surface area contributed by atoms with Gasteiger partial charge in [-0.2, -0.15) is 13.2 Å². The van der Waals surface area contributed by atoms with E-state index in [-0.39, 0.29) is 0 Å². The zero-order valence-electron chi connectivity index (χ0n) is 8.61. The Balaban J connectivity index is 2.65. The number of rotatable bonds is 4. The van der Waals surface area contributed by atoms with Crippen LogP contribution in [0, 0.1) is 0 Å². The molecule has 0 bridgehead atoms. The van der Waals surface area contributed by atoms with Crippen molar-refractivity contribution in [1.29, 1.82) is 0 Å². The fraction of sp³-hybridized carbons (Fsp3) is 0.200. The summed E-state index contributed by atoms with van der Waals surface area (Å²) in [5, 5.41) is 0.702. The molecule has 0 unspecified atom stereocenters. The van der Waals surface area contributed by atoms with Crippen LogP contribution in [0.25, 0.3) is 6.08 Å². The second-order valence-electron chi connectivity index (χ2n) is 3.19. The van der Waals surface area contributed by atoms with E-state index in [1.54, 1.807) is 30.3 Å². The number of benzene rings is 1. The first kappa shape index (κ1) is 13.7. The molecular weight excluding hydrogens is 255 g/mol. The van der Waals surface area contributed by atoms with E-state index < -0.39 is 22.7 Å². The third-order valence-electron chi connectivity index (χ3n) is 1.71. The van der Waals surface area contributed by atoms with Crippen molar-refractivity contribution in [3.05, 3.63) is 41.3 Å². The van der Waals surface area contributed by atoms with Crippen LogP contribution in [0.1, 0.15) is 5.56 Å². The van der Waals surface area contributed by atoms with Crippen LogP contribution in [0.15, 0.2) is 35.7 Å². The van der Waals surface area contributed by atoms with Gasteiger partial charge in [-0.1, -0.05) is 30.3 Å². The van der Waals surface area contributed by atoms with E-state index in [4.69, 9.17) is 0 Å². The number of hydrogen-bond donors (Lipinski definition) is 1. The highest BCUT2D eigenvalue weighted by atomic mass is 32.2. The molecule has 1 rings (SSSR count). The van der Waals surface area contributed by atoms with Gasteiger partial charge in [0.2, 0.25) is 10.0 Å². The maximum Gasteiger partial charge on any atom is 0.402 e. The standard InChI is InChI=1S/C10H10F3NO2S/c11-10(12,13)8-14-17(15,16)7-6-9-4-2-1-3-5-9/h1-7,14H,8H2. The molecule has 94 valence electrons. The van der Waals surface area contributed by atoms with Gasteiger partial charge in [-0.3, -0.25) is 0 Å². The van der Waals surface area contributed by atoms with Crippen LogP contribution in [0.2, 0.25) is 0 Å². The fourth-order valence-electron chi connectivity index (χ4n) is 0.963. The lowest BCUT2D eigenvalue weighted by atomic mass is 10.2. The average molecular weight is 265 g/mol. The van der Waals surface area contributed by atoms with Crippen LogP contribution in [-0.4, -0.2) is 21.1 Å². The van der Waals surface area contributed by atoms with Gasteiger partial charge >= 0.3 is 6.18 Å². The summed E-state index contributed by atoms with van der Waals surface area (Å²) in [6, 6.07) is 8.39. The van der Waals surface area contributed by atoms with E-state index in [1.807, 2.05) is 0 Å². The molecule has 0 saturated heterocycles. The zero-order chi connectivity index (χ0) is 12.9. The van der Waals surface area contributed by atoms with Crippen LogP contribution < -0.4 is 4.72 Å². The smallest absolute Gasteiger partial charge is 0.208 e. The first-order chi connectivity index (χ1) is 7.79. The van der Waals surface area contributed by atoms with Crippen molar-refractivity contribution in [2.45, 2.75) is 6.18 Å². The minimum absolute atomic E-state index is 0.588. The highest BCUT2D eigenvalue weighted by Gasteiger charge is 2.28. The first-order valence-corrected chi connectivity index (χ1v) is 6.13. The van der Waals surface area contributed by atoms with Crippen LogP contribution in [-0.2, 0) is 10.0 Å². The molecule has 0 aliphatic heterocycles. The van der Waals surface area contributed by atoms with Gasteiger partial charge in [-0.05, 0) is 11.6 Å². The molecular formula is C10H10F3NO2S. The van der Waals surface area contributed by atoms with E-state index >= 15 is 0 Å². The van der Waals surface area contributed by atoms with Crippen molar-refractivity contribution in [3.8, 4) is 0 Å². The van der Waals surface area contributed by atoms with Gasteiger partial charge in [-0.25, -0.2) is 13.1 Å². The van der Waals surface area contributed by atoms with Crippen LogP contribution in [0.4, 0.5) is 13.2 Å². The van der Waals surface area contributed by atoms with E-state index in [1.165, 1.54) is 10.8 Å². The number of halogens is 3. The second kappa shape index (κ2) is 5.33. The lowest BCUT2D eigenvalue weighted by Crippen LogP contribution is -2.32. The molecule has 0 saturated carbocycles. The van der Waals surface area contributed by atoms with Gasteiger partial charge < -0.3 is 0 Å². The van der Waals surface area contributed by atoms with E-state index in [9.17, 15) is 21.6 Å². The average Bonchev–Trinajstić information content (AvgIpc) is 2.25. The molecule has 0 aromatic heterocycles. The minimum Gasteiger partial charge on any atom is -0.208 e. The lowest BCUT2D eigenvalue weighted by Gasteiger charge is -2.06. The number of hydrogen-bond acceptors (Lipinski definition) is 2. The molecule has 0 spiro atoms. The predicted molar refractivity (Wildman–Crippen MR) is 58.5 cm³/mol. The highest BCUT2D eigenvalue weighted by Crippen LogP contribution is 2.13. The normalized spacial score (nSPS) is 13.1. The Labute approximate surface area is 97.0 Å². The van der Waals surface area contributed by atoms with Crippen molar-refractivity contribution in [3.63, 3.8) is 0 Å². The summed E-state index contributed by atoms with van der Waals surface area (Å²) >= 11 is 0. The van der Waals surface area contributed by atoms with Gasteiger partial charge in [0, 0.05) is 5.41 Å².